The molecule has 3 aromatic rings. The monoisotopic (exact) mass is 602 g/mol. The van der Waals surface area contributed by atoms with Crippen LogP contribution in [0.4, 0.5) is 4.79 Å². The third-order valence-electron chi connectivity index (χ3n) is 5.30. The molecule has 1 aromatic heterocycles. The number of nitrogens with zero attached hydrogens (tertiary/aromatic N) is 2. The van der Waals surface area contributed by atoms with Crippen molar-refractivity contribution < 1.29 is 28.6 Å². The van der Waals surface area contributed by atoms with Gasteiger partial charge in [-0.1, -0.05) is 58.7 Å². The lowest BCUT2D eigenvalue weighted by Crippen LogP contribution is -2.42. The number of esters is 2. The molecule has 0 fully saturated rings. The van der Waals surface area contributed by atoms with Crippen molar-refractivity contribution in [2.24, 2.45) is 0 Å². The van der Waals surface area contributed by atoms with Crippen LogP contribution in [0.25, 0.3) is 10.2 Å². The number of ether oxygens (including phenoxy) is 3. The molecule has 37 heavy (non-hydrogen) atoms. The van der Waals surface area contributed by atoms with Gasteiger partial charge in [0.2, 0.25) is 3.79 Å². The molecule has 0 spiro atoms. The van der Waals surface area contributed by atoms with Crippen LogP contribution in [0.3, 0.4) is 0 Å². The topological polar surface area (TPSA) is 95.0 Å². The Morgan fingerprint density at radius 2 is 1.78 bits per heavy atom. The molecule has 4 rings (SSSR count). The summed E-state index contributed by atoms with van der Waals surface area (Å²) in [5.74, 6) is -0.506. The zero-order valence-corrected chi connectivity index (χ0v) is 23.6. The summed E-state index contributed by atoms with van der Waals surface area (Å²) in [5.41, 5.74) is 2.45. The average molecular weight is 604 g/mol. The predicted octanol–water partition coefficient (Wildman–Crippen LogP) is 6.35. The van der Waals surface area contributed by atoms with Crippen LogP contribution in [-0.2, 0) is 20.7 Å². The first kappa shape index (κ1) is 27.8. The van der Waals surface area contributed by atoms with E-state index in [0.29, 0.717) is 18.7 Å². The average Bonchev–Trinajstić information content (AvgIpc) is 3.23. The normalized spacial score (nSPS) is 15.3. The summed E-state index contributed by atoms with van der Waals surface area (Å²) in [6.07, 6.45) is -0.209. The maximum Gasteiger partial charge on any atom is 0.410 e. The van der Waals surface area contributed by atoms with E-state index in [1.165, 1.54) is 25.6 Å². The highest BCUT2D eigenvalue weighted by Gasteiger charge is 2.35. The smallest absolute Gasteiger partial charge is 0.410 e. The molecule has 1 atom stereocenters. The number of fused-ring (bicyclic) bond motifs is 2. The number of carbonyl (C=O) groups excluding carboxylic acids is 3. The summed E-state index contributed by atoms with van der Waals surface area (Å²) in [6.45, 7) is 2.40. The van der Waals surface area contributed by atoms with Gasteiger partial charge in [0.1, 0.15) is 6.61 Å². The van der Waals surface area contributed by atoms with Gasteiger partial charge in [0.25, 0.3) is 0 Å². The third-order valence-corrected chi connectivity index (χ3v) is 7.89. The highest BCUT2D eigenvalue weighted by atomic mass is 35.6. The molecule has 0 saturated heterocycles. The quantitative estimate of drug-likeness (QED) is 0.139. The Morgan fingerprint density at radius 1 is 1.11 bits per heavy atom. The maximum absolute atomic E-state index is 13.0. The number of aromatic nitrogens is 1. The Balaban J connectivity index is 1.68. The Labute approximate surface area is 236 Å². The molecule has 8 nitrogen and oxygen atoms in total. The molecular formula is C24H21Cl3N2O6S2. The number of alkyl halides is 3. The Morgan fingerprint density at radius 3 is 2.43 bits per heavy atom. The van der Waals surface area contributed by atoms with Gasteiger partial charge in [0.05, 0.1) is 16.3 Å². The Hall–Kier alpha value is -2.24. The number of benzene rings is 2. The van der Waals surface area contributed by atoms with Crippen molar-refractivity contribution in [3.8, 4) is 11.5 Å². The first-order chi connectivity index (χ1) is 17.5. The summed E-state index contributed by atoms with van der Waals surface area (Å²) >= 11 is 20.4. The number of thiazole rings is 1. The van der Waals surface area contributed by atoms with Crippen LogP contribution in [0.15, 0.2) is 40.7 Å². The number of thioether (sulfide) groups is 1. The van der Waals surface area contributed by atoms with Crippen LogP contribution in [-0.4, -0.2) is 50.6 Å². The summed E-state index contributed by atoms with van der Waals surface area (Å²) in [7, 11) is 0. The molecule has 13 heteroatoms. The van der Waals surface area contributed by atoms with Gasteiger partial charge in [-0.25, -0.2) is 9.78 Å². The molecule has 0 radical (unpaired) electrons. The van der Waals surface area contributed by atoms with Gasteiger partial charge in [-0.3, -0.25) is 14.5 Å². The SMILES string of the molecule is CC(=O)Oc1cc2c(cc1OC(C)=O)C(CSc1nc3ccccc3s1)N(C(=O)OCC(Cl)(Cl)Cl)CC2. The molecule has 1 aliphatic rings. The first-order valence-electron chi connectivity index (χ1n) is 11.0. The van der Waals surface area contributed by atoms with E-state index in [1.807, 2.05) is 24.3 Å². The molecule has 0 N–H and O–H groups in total. The van der Waals surface area contributed by atoms with Crippen molar-refractivity contribution in [2.75, 3.05) is 18.9 Å². The minimum Gasteiger partial charge on any atom is -0.445 e. The molecule has 2 aromatic carbocycles. The van der Waals surface area contributed by atoms with Gasteiger partial charge in [-0.2, -0.15) is 0 Å². The van der Waals surface area contributed by atoms with Crippen molar-refractivity contribution in [3.63, 3.8) is 0 Å². The molecule has 0 bridgehead atoms. The molecular weight excluding hydrogens is 583 g/mol. The molecule has 0 saturated carbocycles. The van der Waals surface area contributed by atoms with E-state index in [2.05, 4.69) is 4.98 Å². The number of rotatable bonds is 6. The summed E-state index contributed by atoms with van der Waals surface area (Å²) in [6, 6.07) is 10.6. The lowest BCUT2D eigenvalue weighted by atomic mass is 9.93. The largest absolute Gasteiger partial charge is 0.445 e. The first-order valence-corrected chi connectivity index (χ1v) is 14.0. The lowest BCUT2D eigenvalue weighted by molar-refractivity contribution is -0.134. The summed E-state index contributed by atoms with van der Waals surface area (Å²) in [4.78, 5) is 42.6. The van der Waals surface area contributed by atoms with Crippen LogP contribution in [0.5, 0.6) is 11.5 Å². The minimum atomic E-state index is -1.75. The van der Waals surface area contributed by atoms with Crippen molar-refractivity contribution in [2.45, 2.75) is 34.4 Å². The summed E-state index contributed by atoms with van der Waals surface area (Å²) in [5, 5.41) is 0. The summed E-state index contributed by atoms with van der Waals surface area (Å²) < 4.78 is 16.0. The second kappa shape index (κ2) is 11.7. The van der Waals surface area contributed by atoms with Crippen LogP contribution in [0.2, 0.25) is 0 Å². The second-order valence-corrected chi connectivity index (χ2v) is 12.9. The maximum atomic E-state index is 13.0. The number of hydrogen-bond acceptors (Lipinski definition) is 9. The van der Waals surface area contributed by atoms with Crippen LogP contribution in [0, 0.1) is 0 Å². The number of hydrogen-bond donors (Lipinski definition) is 0. The highest BCUT2D eigenvalue weighted by molar-refractivity contribution is 8.01. The fraction of sp³-hybridized carbons (Fsp3) is 0.333. The van der Waals surface area contributed by atoms with Crippen molar-refractivity contribution in [1.82, 2.24) is 9.88 Å². The van der Waals surface area contributed by atoms with Crippen molar-refractivity contribution in [3.05, 3.63) is 47.5 Å². The van der Waals surface area contributed by atoms with E-state index in [9.17, 15) is 14.4 Å². The fourth-order valence-electron chi connectivity index (χ4n) is 3.87. The minimum absolute atomic E-state index is 0.0768. The number of carbonyl (C=O) groups is 3. The fourth-order valence-corrected chi connectivity index (χ4v) is 6.26. The van der Waals surface area contributed by atoms with E-state index >= 15 is 0 Å². The lowest BCUT2D eigenvalue weighted by Gasteiger charge is -2.37. The molecule has 1 unspecified atom stereocenters. The van der Waals surface area contributed by atoms with Crippen LogP contribution >= 0.6 is 57.9 Å². The van der Waals surface area contributed by atoms with Gasteiger partial charge in [0.15, 0.2) is 15.8 Å². The standard InChI is InChI=1S/C24H21Cl3N2O6S2/c1-13(30)34-19-9-15-7-8-29(23(32)33-12-24(25,26)27)18(16(15)10-20(19)35-14(2)31)11-36-22-28-17-5-3-4-6-21(17)37-22/h3-6,9-10,18H,7-8,11-12H2,1-2H3. The molecule has 1 aliphatic heterocycles. The van der Waals surface area contributed by atoms with Crippen LogP contribution in [0.1, 0.15) is 31.0 Å². The van der Waals surface area contributed by atoms with Crippen LogP contribution < -0.4 is 9.47 Å². The van der Waals surface area contributed by atoms with E-state index in [1.54, 1.807) is 28.4 Å². The molecule has 0 aliphatic carbocycles. The van der Waals surface area contributed by atoms with E-state index in [-0.39, 0.29) is 11.5 Å². The Kier molecular flexibility index (Phi) is 8.75. The number of amides is 1. The predicted molar refractivity (Wildman–Crippen MR) is 144 cm³/mol. The number of halogens is 3. The van der Waals surface area contributed by atoms with Crippen molar-refractivity contribution in [1.29, 1.82) is 0 Å². The molecule has 2 heterocycles. The van der Waals surface area contributed by atoms with E-state index in [4.69, 9.17) is 49.0 Å². The van der Waals surface area contributed by atoms with Crippen molar-refractivity contribution >= 4 is 86.1 Å². The second-order valence-electron chi connectivity index (χ2n) is 8.07. The third kappa shape index (κ3) is 7.20. The van der Waals surface area contributed by atoms with Gasteiger partial charge in [-0.15, -0.1) is 11.3 Å². The zero-order chi connectivity index (χ0) is 26.7. The molecule has 1 amide bonds. The molecule has 196 valence electrons. The number of para-hydroxylation sites is 1. The van der Waals surface area contributed by atoms with E-state index in [0.717, 1.165) is 25.7 Å². The van der Waals surface area contributed by atoms with Gasteiger partial charge in [-0.05, 0) is 41.8 Å². The van der Waals surface area contributed by atoms with Gasteiger partial charge >= 0.3 is 18.0 Å². The van der Waals surface area contributed by atoms with Gasteiger partial charge in [0, 0.05) is 26.1 Å². The highest BCUT2D eigenvalue weighted by Crippen LogP contribution is 2.42. The Bertz CT molecular complexity index is 1310. The van der Waals surface area contributed by atoms with Gasteiger partial charge < -0.3 is 14.2 Å². The zero-order valence-electron chi connectivity index (χ0n) is 19.7. The van der Waals surface area contributed by atoms with E-state index < -0.39 is 34.5 Å².